The molecule has 1 atom stereocenters. The second-order valence-corrected chi connectivity index (χ2v) is 8.89. The Balaban J connectivity index is 1.79. The summed E-state index contributed by atoms with van der Waals surface area (Å²) in [6, 6.07) is 3.40. The van der Waals surface area contributed by atoms with Crippen molar-refractivity contribution in [2.24, 2.45) is 0 Å². The molecule has 0 bridgehead atoms. The van der Waals surface area contributed by atoms with Gasteiger partial charge in [0, 0.05) is 19.0 Å². The van der Waals surface area contributed by atoms with E-state index < -0.39 is 10.0 Å². The zero-order chi connectivity index (χ0) is 15.7. The van der Waals surface area contributed by atoms with Crippen LogP contribution in [0.1, 0.15) is 50.2 Å². The van der Waals surface area contributed by atoms with Gasteiger partial charge in [0.05, 0.1) is 5.92 Å². The van der Waals surface area contributed by atoms with Crippen LogP contribution in [-0.2, 0) is 10.0 Å². The molecule has 0 unspecified atom stereocenters. The lowest BCUT2D eigenvalue weighted by atomic mass is 10.00. The summed E-state index contributed by atoms with van der Waals surface area (Å²) in [4.78, 5) is 4.42. The minimum atomic E-state index is -3.41. The van der Waals surface area contributed by atoms with Crippen LogP contribution in [0.15, 0.2) is 26.2 Å². The highest BCUT2D eigenvalue weighted by Crippen LogP contribution is 2.31. The van der Waals surface area contributed by atoms with Gasteiger partial charge in [0.25, 0.3) is 10.0 Å². The number of piperidine rings is 1. The van der Waals surface area contributed by atoms with Crippen molar-refractivity contribution < 1.29 is 12.9 Å². The van der Waals surface area contributed by atoms with Crippen molar-refractivity contribution in [3.05, 3.63) is 29.2 Å². The molecule has 0 amide bonds. The van der Waals surface area contributed by atoms with Gasteiger partial charge in [-0.1, -0.05) is 25.1 Å². The van der Waals surface area contributed by atoms with E-state index in [2.05, 4.69) is 10.1 Å². The van der Waals surface area contributed by atoms with Crippen molar-refractivity contribution in [1.82, 2.24) is 14.4 Å². The van der Waals surface area contributed by atoms with Gasteiger partial charge in [0.15, 0.2) is 5.82 Å². The van der Waals surface area contributed by atoms with Crippen LogP contribution in [0.3, 0.4) is 0 Å². The van der Waals surface area contributed by atoms with Gasteiger partial charge in [-0.3, -0.25) is 0 Å². The summed E-state index contributed by atoms with van der Waals surface area (Å²) in [5.41, 5.74) is 0. The number of nitrogens with zero attached hydrogens (tertiary/aromatic N) is 3. The molecule has 0 aliphatic carbocycles. The van der Waals surface area contributed by atoms with Crippen LogP contribution in [0.4, 0.5) is 0 Å². The van der Waals surface area contributed by atoms with Gasteiger partial charge in [0.2, 0.25) is 5.89 Å². The van der Waals surface area contributed by atoms with Crippen molar-refractivity contribution in [3.8, 4) is 0 Å². The zero-order valence-corrected chi connectivity index (χ0v) is 14.2. The number of thiophene rings is 1. The first-order chi connectivity index (χ1) is 10.5. The lowest BCUT2D eigenvalue weighted by molar-refractivity contribution is 0.265. The minimum Gasteiger partial charge on any atom is -0.339 e. The van der Waals surface area contributed by atoms with E-state index in [1.54, 1.807) is 17.5 Å². The Morgan fingerprint density at radius 1 is 1.45 bits per heavy atom. The van der Waals surface area contributed by atoms with Gasteiger partial charge in [-0.25, -0.2) is 8.42 Å². The third-order valence-electron chi connectivity index (χ3n) is 3.80. The topological polar surface area (TPSA) is 76.3 Å². The average Bonchev–Trinajstić information content (AvgIpc) is 3.19. The Bertz CT molecular complexity index is 722. The van der Waals surface area contributed by atoms with Crippen molar-refractivity contribution >= 4 is 21.4 Å². The van der Waals surface area contributed by atoms with Gasteiger partial charge < -0.3 is 4.52 Å². The first-order valence-corrected chi connectivity index (χ1v) is 9.67. The van der Waals surface area contributed by atoms with Gasteiger partial charge in [-0.2, -0.15) is 9.29 Å². The quantitative estimate of drug-likeness (QED) is 0.854. The molecule has 2 aromatic heterocycles. The molecule has 3 rings (SSSR count). The second kappa shape index (κ2) is 6.10. The number of hydrogen-bond acceptors (Lipinski definition) is 6. The van der Waals surface area contributed by atoms with Gasteiger partial charge in [-0.15, -0.1) is 11.3 Å². The van der Waals surface area contributed by atoms with Crippen molar-refractivity contribution in [1.29, 1.82) is 0 Å². The molecule has 1 fully saturated rings. The van der Waals surface area contributed by atoms with Crippen LogP contribution in [0.25, 0.3) is 0 Å². The van der Waals surface area contributed by atoms with Gasteiger partial charge >= 0.3 is 0 Å². The fourth-order valence-corrected chi connectivity index (χ4v) is 5.22. The number of rotatable bonds is 4. The number of hydrogen-bond donors (Lipinski definition) is 0. The lowest BCUT2D eigenvalue weighted by Gasteiger charge is -2.29. The van der Waals surface area contributed by atoms with E-state index in [9.17, 15) is 8.42 Å². The average molecular weight is 341 g/mol. The molecule has 0 radical (unpaired) electrons. The Morgan fingerprint density at radius 2 is 2.27 bits per heavy atom. The Kier molecular flexibility index (Phi) is 4.33. The maximum Gasteiger partial charge on any atom is 0.252 e. The third-order valence-corrected chi connectivity index (χ3v) is 7.03. The molecule has 1 aliphatic rings. The summed E-state index contributed by atoms with van der Waals surface area (Å²) >= 11 is 1.25. The maximum absolute atomic E-state index is 12.6. The molecule has 2 aromatic rings. The van der Waals surface area contributed by atoms with Crippen LogP contribution < -0.4 is 0 Å². The molecule has 0 aromatic carbocycles. The molecule has 6 nitrogen and oxygen atoms in total. The second-order valence-electron chi connectivity index (χ2n) is 5.78. The summed E-state index contributed by atoms with van der Waals surface area (Å²) in [6.45, 7) is 4.95. The summed E-state index contributed by atoms with van der Waals surface area (Å²) < 4.78 is 32.5. The summed E-state index contributed by atoms with van der Waals surface area (Å²) in [5, 5.41) is 5.75. The third kappa shape index (κ3) is 2.95. The van der Waals surface area contributed by atoms with Crippen LogP contribution in [-0.4, -0.2) is 36.0 Å². The molecule has 3 heterocycles. The fourth-order valence-electron chi connectivity index (χ4n) is 2.55. The van der Waals surface area contributed by atoms with E-state index in [0.29, 0.717) is 29.0 Å². The molecule has 1 aliphatic heterocycles. The first kappa shape index (κ1) is 15.6. The highest BCUT2D eigenvalue weighted by Gasteiger charge is 2.33. The Hall–Kier alpha value is -1.25. The van der Waals surface area contributed by atoms with E-state index in [-0.39, 0.29) is 11.8 Å². The Labute approximate surface area is 134 Å². The zero-order valence-electron chi connectivity index (χ0n) is 12.6. The minimum absolute atomic E-state index is 0.0245. The van der Waals surface area contributed by atoms with E-state index >= 15 is 0 Å². The Morgan fingerprint density at radius 3 is 2.91 bits per heavy atom. The van der Waals surface area contributed by atoms with Crippen molar-refractivity contribution in [2.75, 3.05) is 13.1 Å². The largest absolute Gasteiger partial charge is 0.339 e. The molecule has 8 heteroatoms. The lowest BCUT2D eigenvalue weighted by Crippen LogP contribution is -2.38. The van der Waals surface area contributed by atoms with Crippen LogP contribution in [0, 0.1) is 0 Å². The monoisotopic (exact) mass is 341 g/mol. The summed E-state index contributed by atoms with van der Waals surface area (Å²) in [6.07, 6.45) is 1.67. The van der Waals surface area contributed by atoms with E-state index in [4.69, 9.17) is 4.52 Å². The molecule has 0 N–H and O–H groups in total. The summed E-state index contributed by atoms with van der Waals surface area (Å²) in [7, 11) is -3.41. The normalized spacial score (nSPS) is 20.6. The van der Waals surface area contributed by atoms with Crippen LogP contribution >= 0.6 is 11.3 Å². The predicted octanol–water partition coefficient (Wildman–Crippen LogP) is 2.82. The summed E-state index contributed by atoms with van der Waals surface area (Å²) in [5.74, 6) is 1.40. The standard InChI is InChI=1S/C14H19N3O3S2/c1-10(2)13-15-14(20-16-13)11-5-3-7-17(9-11)22(18,19)12-6-4-8-21-12/h4,6,8,10-11H,3,5,7,9H2,1-2H3/t11-/m1/s1. The van der Waals surface area contributed by atoms with Crippen molar-refractivity contribution in [3.63, 3.8) is 0 Å². The number of sulfonamides is 1. The molecule has 22 heavy (non-hydrogen) atoms. The smallest absolute Gasteiger partial charge is 0.252 e. The van der Waals surface area contributed by atoms with Gasteiger partial charge in [0.1, 0.15) is 4.21 Å². The molecular formula is C14H19N3O3S2. The molecule has 0 saturated carbocycles. The highest BCUT2D eigenvalue weighted by atomic mass is 32.2. The predicted molar refractivity (Wildman–Crippen MR) is 83.4 cm³/mol. The molecular weight excluding hydrogens is 322 g/mol. The fraction of sp³-hybridized carbons (Fsp3) is 0.571. The van der Waals surface area contributed by atoms with Crippen LogP contribution in [0.5, 0.6) is 0 Å². The highest BCUT2D eigenvalue weighted by molar-refractivity contribution is 7.91. The van der Waals surface area contributed by atoms with Crippen molar-refractivity contribution in [2.45, 2.75) is 42.7 Å². The molecule has 1 saturated heterocycles. The van der Waals surface area contributed by atoms with Crippen LogP contribution in [0.2, 0.25) is 0 Å². The van der Waals surface area contributed by atoms with E-state index in [1.807, 2.05) is 13.8 Å². The first-order valence-electron chi connectivity index (χ1n) is 7.35. The van der Waals surface area contributed by atoms with E-state index in [0.717, 1.165) is 12.8 Å². The number of aromatic nitrogens is 2. The SMILES string of the molecule is CC(C)c1noc([C@@H]2CCCN(S(=O)(=O)c3cccs3)C2)n1. The van der Waals surface area contributed by atoms with E-state index in [1.165, 1.54) is 15.6 Å². The van der Waals surface area contributed by atoms with Gasteiger partial charge in [-0.05, 0) is 24.3 Å². The molecule has 0 spiro atoms. The molecule has 120 valence electrons. The maximum atomic E-state index is 12.6.